The summed E-state index contributed by atoms with van der Waals surface area (Å²) in [5.74, 6) is -0.0385. The van der Waals surface area contributed by atoms with Crippen molar-refractivity contribution in [3.05, 3.63) is 53.9 Å². The maximum Gasteiger partial charge on any atom is 0.416 e. The molecule has 0 N–H and O–H groups in total. The van der Waals surface area contributed by atoms with Crippen LogP contribution in [0.3, 0.4) is 0 Å². The van der Waals surface area contributed by atoms with E-state index in [4.69, 9.17) is 4.74 Å². The second kappa shape index (κ2) is 7.08. The first kappa shape index (κ1) is 17.2. The summed E-state index contributed by atoms with van der Waals surface area (Å²) in [6.45, 7) is 0.427. The first-order valence-corrected chi connectivity index (χ1v) is 7.81. The van der Waals surface area contributed by atoms with Crippen LogP contribution in [0.2, 0.25) is 0 Å². The molecule has 1 fully saturated rings. The SMILES string of the molecule is O=C(OCc1cccc(C(F)(F)F)c1)[C@H]1CCCN1c1ncccn1. The van der Waals surface area contributed by atoms with Crippen molar-refractivity contribution in [2.75, 3.05) is 11.4 Å². The first-order chi connectivity index (χ1) is 11.9. The van der Waals surface area contributed by atoms with Crippen molar-refractivity contribution in [3.8, 4) is 0 Å². The molecule has 0 saturated carbocycles. The van der Waals surface area contributed by atoms with Crippen molar-refractivity contribution in [3.63, 3.8) is 0 Å². The third-order valence-corrected chi connectivity index (χ3v) is 3.97. The molecule has 0 bridgehead atoms. The third kappa shape index (κ3) is 4.07. The van der Waals surface area contributed by atoms with Crippen LogP contribution in [0.15, 0.2) is 42.7 Å². The van der Waals surface area contributed by atoms with Crippen LogP contribution in [0.4, 0.5) is 19.1 Å². The third-order valence-electron chi connectivity index (χ3n) is 3.97. The molecule has 2 aromatic rings. The number of hydrogen-bond acceptors (Lipinski definition) is 5. The highest BCUT2D eigenvalue weighted by molar-refractivity contribution is 5.80. The Balaban J connectivity index is 1.65. The highest BCUT2D eigenvalue weighted by Gasteiger charge is 2.34. The zero-order valence-corrected chi connectivity index (χ0v) is 13.2. The molecule has 1 aromatic carbocycles. The highest BCUT2D eigenvalue weighted by Crippen LogP contribution is 2.30. The lowest BCUT2D eigenvalue weighted by atomic mass is 10.1. The number of hydrogen-bond donors (Lipinski definition) is 0. The van der Waals surface area contributed by atoms with Crippen LogP contribution in [0.1, 0.15) is 24.0 Å². The summed E-state index contributed by atoms with van der Waals surface area (Å²) in [5.41, 5.74) is -0.468. The summed E-state index contributed by atoms with van der Waals surface area (Å²) < 4.78 is 43.4. The Morgan fingerprint density at radius 1 is 1.24 bits per heavy atom. The molecule has 1 aliphatic rings. The van der Waals surface area contributed by atoms with Crippen LogP contribution < -0.4 is 4.90 Å². The zero-order valence-electron chi connectivity index (χ0n) is 13.2. The van der Waals surface area contributed by atoms with Gasteiger partial charge in [0.05, 0.1) is 5.56 Å². The van der Waals surface area contributed by atoms with E-state index in [1.807, 2.05) is 0 Å². The largest absolute Gasteiger partial charge is 0.459 e. The lowest BCUT2D eigenvalue weighted by Crippen LogP contribution is -2.38. The van der Waals surface area contributed by atoms with E-state index in [0.29, 0.717) is 24.5 Å². The van der Waals surface area contributed by atoms with Crippen LogP contribution in [-0.2, 0) is 22.3 Å². The molecule has 0 amide bonds. The predicted molar refractivity (Wildman–Crippen MR) is 83.6 cm³/mol. The molecule has 2 heterocycles. The van der Waals surface area contributed by atoms with E-state index in [2.05, 4.69) is 9.97 Å². The number of carbonyl (C=O) groups is 1. The predicted octanol–water partition coefficient (Wildman–Crippen LogP) is 3.21. The molecule has 1 aliphatic heterocycles. The minimum Gasteiger partial charge on any atom is -0.459 e. The van der Waals surface area contributed by atoms with Gasteiger partial charge in [0.25, 0.3) is 0 Å². The molecule has 1 saturated heterocycles. The molecule has 132 valence electrons. The molecule has 3 rings (SSSR count). The van der Waals surface area contributed by atoms with Crippen LogP contribution in [-0.4, -0.2) is 28.5 Å². The lowest BCUT2D eigenvalue weighted by Gasteiger charge is -2.22. The quantitative estimate of drug-likeness (QED) is 0.792. The Morgan fingerprint density at radius 3 is 2.72 bits per heavy atom. The summed E-state index contributed by atoms with van der Waals surface area (Å²) in [5, 5.41) is 0. The van der Waals surface area contributed by atoms with Gasteiger partial charge in [0.1, 0.15) is 12.6 Å². The summed E-state index contributed by atoms with van der Waals surface area (Å²) in [6, 6.07) is 5.92. The molecule has 1 atom stereocenters. The van der Waals surface area contributed by atoms with Gasteiger partial charge in [-0.3, -0.25) is 0 Å². The Bertz CT molecular complexity index is 737. The second-order valence-electron chi connectivity index (χ2n) is 5.71. The van der Waals surface area contributed by atoms with E-state index in [1.165, 1.54) is 12.1 Å². The second-order valence-corrected chi connectivity index (χ2v) is 5.71. The van der Waals surface area contributed by atoms with Gasteiger partial charge in [0, 0.05) is 18.9 Å². The molecule has 0 radical (unpaired) electrons. The summed E-state index contributed by atoms with van der Waals surface area (Å²) in [4.78, 5) is 22.4. The molecule has 0 unspecified atom stereocenters. The fourth-order valence-corrected chi connectivity index (χ4v) is 2.78. The van der Waals surface area contributed by atoms with E-state index >= 15 is 0 Å². The fourth-order valence-electron chi connectivity index (χ4n) is 2.78. The molecule has 0 spiro atoms. The number of nitrogens with zero attached hydrogens (tertiary/aromatic N) is 3. The number of ether oxygens (including phenoxy) is 1. The van der Waals surface area contributed by atoms with E-state index in [-0.39, 0.29) is 6.61 Å². The van der Waals surface area contributed by atoms with Crippen molar-refractivity contribution in [1.29, 1.82) is 0 Å². The van der Waals surface area contributed by atoms with Crippen molar-refractivity contribution in [1.82, 2.24) is 9.97 Å². The topological polar surface area (TPSA) is 55.3 Å². The van der Waals surface area contributed by atoms with Crippen LogP contribution in [0, 0.1) is 0 Å². The Hall–Kier alpha value is -2.64. The number of rotatable bonds is 4. The molecular weight excluding hydrogens is 335 g/mol. The van der Waals surface area contributed by atoms with Gasteiger partial charge < -0.3 is 9.64 Å². The zero-order chi connectivity index (χ0) is 17.9. The van der Waals surface area contributed by atoms with Gasteiger partial charge in [0.2, 0.25) is 5.95 Å². The standard InChI is InChI=1S/C17H16F3N3O2/c18-17(19,20)13-5-1-4-12(10-13)11-25-15(24)14-6-2-9-23(14)16-21-7-3-8-22-16/h1,3-5,7-8,10,14H,2,6,9,11H2/t14-/m1/s1. The molecule has 1 aromatic heterocycles. The molecule has 25 heavy (non-hydrogen) atoms. The molecule has 0 aliphatic carbocycles. The first-order valence-electron chi connectivity index (χ1n) is 7.81. The number of aromatic nitrogens is 2. The van der Waals surface area contributed by atoms with Crippen LogP contribution >= 0.6 is 0 Å². The maximum absolute atomic E-state index is 12.7. The highest BCUT2D eigenvalue weighted by atomic mass is 19.4. The normalized spacial score (nSPS) is 17.6. The Labute approximate surface area is 142 Å². The van der Waals surface area contributed by atoms with Crippen molar-refractivity contribution < 1.29 is 22.7 Å². The molecule has 8 heteroatoms. The summed E-state index contributed by atoms with van der Waals surface area (Å²) >= 11 is 0. The van der Waals surface area contributed by atoms with Gasteiger partial charge in [-0.1, -0.05) is 12.1 Å². The summed E-state index contributed by atoms with van der Waals surface area (Å²) in [6.07, 6.45) is 0.144. The average Bonchev–Trinajstić information content (AvgIpc) is 3.10. The lowest BCUT2D eigenvalue weighted by molar-refractivity contribution is -0.146. The van der Waals surface area contributed by atoms with Gasteiger partial charge in [-0.15, -0.1) is 0 Å². The average molecular weight is 351 g/mol. The van der Waals surface area contributed by atoms with E-state index < -0.39 is 23.8 Å². The smallest absolute Gasteiger partial charge is 0.416 e. The number of esters is 1. The number of benzene rings is 1. The number of anilines is 1. The summed E-state index contributed by atoms with van der Waals surface area (Å²) in [7, 11) is 0. The van der Waals surface area contributed by atoms with Gasteiger partial charge in [-0.25, -0.2) is 14.8 Å². The Morgan fingerprint density at radius 2 is 2.00 bits per heavy atom. The maximum atomic E-state index is 12.7. The number of alkyl halides is 3. The van der Waals surface area contributed by atoms with E-state index in [1.54, 1.807) is 23.4 Å². The van der Waals surface area contributed by atoms with E-state index in [0.717, 1.165) is 18.6 Å². The van der Waals surface area contributed by atoms with Crippen molar-refractivity contribution in [2.24, 2.45) is 0 Å². The van der Waals surface area contributed by atoms with Gasteiger partial charge >= 0.3 is 12.1 Å². The van der Waals surface area contributed by atoms with Crippen molar-refractivity contribution >= 4 is 11.9 Å². The van der Waals surface area contributed by atoms with Gasteiger partial charge in [-0.05, 0) is 36.6 Å². The van der Waals surface area contributed by atoms with E-state index in [9.17, 15) is 18.0 Å². The minimum atomic E-state index is -4.42. The van der Waals surface area contributed by atoms with Crippen LogP contribution in [0.25, 0.3) is 0 Å². The van der Waals surface area contributed by atoms with Gasteiger partial charge in [-0.2, -0.15) is 13.2 Å². The van der Waals surface area contributed by atoms with Crippen molar-refractivity contribution in [2.45, 2.75) is 31.7 Å². The van der Waals surface area contributed by atoms with Gasteiger partial charge in [0.15, 0.2) is 0 Å². The number of halogens is 3. The number of carbonyl (C=O) groups excluding carboxylic acids is 1. The molecule has 5 nitrogen and oxygen atoms in total. The Kier molecular flexibility index (Phi) is 4.87. The van der Waals surface area contributed by atoms with Crippen LogP contribution in [0.5, 0.6) is 0 Å². The fraction of sp³-hybridized carbons (Fsp3) is 0.353. The molecular formula is C17H16F3N3O2. The minimum absolute atomic E-state index is 0.206. The monoisotopic (exact) mass is 351 g/mol.